The number of nitrogens with one attached hydrogen (secondary N) is 1. The first kappa shape index (κ1) is 18.4. The van der Waals surface area contributed by atoms with Crippen molar-refractivity contribution in [3.8, 4) is 5.75 Å². The number of ether oxygens (including phenoxy) is 1. The number of carbonyl (C=O) groups excluding carboxylic acids is 1. The van der Waals surface area contributed by atoms with E-state index in [2.05, 4.69) is 10.3 Å². The van der Waals surface area contributed by atoms with Crippen LogP contribution in [-0.2, 0) is 4.79 Å². The van der Waals surface area contributed by atoms with Crippen LogP contribution in [-0.4, -0.2) is 27.8 Å². The van der Waals surface area contributed by atoms with Gasteiger partial charge >= 0.3 is 5.00 Å². The third-order valence-corrected chi connectivity index (χ3v) is 5.22. The summed E-state index contributed by atoms with van der Waals surface area (Å²) < 4.78 is 5.62. The normalized spacial score (nSPS) is 11.0. The second-order valence-electron chi connectivity index (χ2n) is 5.03. The largest absolute Gasteiger partial charge is 0.494 e. The predicted octanol–water partition coefficient (Wildman–Crippen LogP) is 3.83. The average molecular weight is 406 g/mol. The van der Waals surface area contributed by atoms with Crippen LogP contribution in [0.3, 0.4) is 0 Å². The summed E-state index contributed by atoms with van der Waals surface area (Å²) in [7, 11) is 1.37. The summed E-state index contributed by atoms with van der Waals surface area (Å²) in [6, 6.07) is 5.51. The summed E-state index contributed by atoms with van der Waals surface area (Å²) in [5.74, 6) is -0.254. The fourth-order valence-corrected chi connectivity index (χ4v) is 3.78. The van der Waals surface area contributed by atoms with Gasteiger partial charge in [0.1, 0.15) is 5.52 Å². The number of nitro benzene ring substituents is 1. The maximum atomic E-state index is 12.0. The third-order valence-electron chi connectivity index (χ3n) is 3.30. The lowest BCUT2D eigenvalue weighted by Crippen LogP contribution is -2.07. The molecule has 0 bridgehead atoms. The van der Waals surface area contributed by atoms with Gasteiger partial charge < -0.3 is 4.74 Å². The number of carbonyl (C=O) groups is 1. The molecule has 0 radical (unpaired) electrons. The first-order valence-electron chi connectivity index (χ1n) is 7.23. The van der Waals surface area contributed by atoms with Gasteiger partial charge in [-0.1, -0.05) is 22.7 Å². The Labute approximate surface area is 159 Å². The minimum absolute atomic E-state index is 0.0186. The molecule has 1 N–H and O–H groups in total. The summed E-state index contributed by atoms with van der Waals surface area (Å²) in [4.78, 5) is 37.4. The van der Waals surface area contributed by atoms with Gasteiger partial charge in [0.2, 0.25) is 5.91 Å². The Kier molecular flexibility index (Phi) is 5.09. The number of fused-ring (bicyclic) bond motifs is 1. The molecule has 0 saturated carbocycles. The van der Waals surface area contributed by atoms with Gasteiger partial charge in [-0.05, 0) is 12.1 Å². The molecule has 0 atom stereocenters. The van der Waals surface area contributed by atoms with E-state index in [0.717, 1.165) is 22.7 Å². The number of hydrogen-bond donors (Lipinski definition) is 1. The van der Waals surface area contributed by atoms with Crippen LogP contribution in [0.25, 0.3) is 16.3 Å². The third kappa shape index (κ3) is 4.07. The van der Waals surface area contributed by atoms with Gasteiger partial charge in [-0.3, -0.25) is 30.3 Å². The Morgan fingerprint density at radius 2 is 2.00 bits per heavy atom. The van der Waals surface area contributed by atoms with E-state index in [-0.39, 0.29) is 21.6 Å². The number of non-ortho nitro benzene ring substituents is 1. The summed E-state index contributed by atoms with van der Waals surface area (Å²) in [5, 5.41) is 24.4. The quantitative estimate of drug-likeness (QED) is 0.373. The second-order valence-corrected chi connectivity index (χ2v) is 7.15. The molecule has 0 saturated heterocycles. The minimum Gasteiger partial charge on any atom is -0.494 e. The lowest BCUT2D eigenvalue weighted by Gasteiger charge is -1.99. The number of rotatable bonds is 6. The van der Waals surface area contributed by atoms with E-state index in [1.54, 1.807) is 0 Å². The zero-order chi connectivity index (χ0) is 19.6. The number of nitro groups is 2. The van der Waals surface area contributed by atoms with Gasteiger partial charge in [-0.25, -0.2) is 4.98 Å². The van der Waals surface area contributed by atoms with Crippen molar-refractivity contribution in [1.29, 1.82) is 0 Å². The van der Waals surface area contributed by atoms with Gasteiger partial charge in [0, 0.05) is 23.1 Å². The van der Waals surface area contributed by atoms with Crippen LogP contribution in [0.2, 0.25) is 0 Å². The van der Waals surface area contributed by atoms with Crippen molar-refractivity contribution in [3.63, 3.8) is 0 Å². The molecule has 10 nitrogen and oxygen atoms in total. The van der Waals surface area contributed by atoms with Crippen LogP contribution in [0.4, 0.5) is 15.8 Å². The average Bonchev–Trinajstić information content (AvgIpc) is 3.25. The zero-order valence-corrected chi connectivity index (χ0v) is 15.2. The fourth-order valence-electron chi connectivity index (χ4n) is 2.13. The highest BCUT2D eigenvalue weighted by molar-refractivity contribution is 7.22. The highest BCUT2D eigenvalue weighted by Gasteiger charge is 2.17. The van der Waals surface area contributed by atoms with E-state index in [9.17, 15) is 25.0 Å². The molecule has 0 unspecified atom stereocenters. The predicted molar refractivity (Wildman–Crippen MR) is 101 cm³/mol. The Morgan fingerprint density at radius 1 is 1.22 bits per heavy atom. The van der Waals surface area contributed by atoms with E-state index < -0.39 is 15.8 Å². The molecule has 0 fully saturated rings. The van der Waals surface area contributed by atoms with Crippen molar-refractivity contribution >= 4 is 60.7 Å². The molecule has 3 aromatic rings. The van der Waals surface area contributed by atoms with Crippen molar-refractivity contribution in [1.82, 2.24) is 4.98 Å². The van der Waals surface area contributed by atoms with Crippen molar-refractivity contribution in [3.05, 3.63) is 55.4 Å². The molecule has 2 aromatic heterocycles. The zero-order valence-electron chi connectivity index (χ0n) is 13.6. The number of thiophene rings is 1. The molecule has 1 aromatic carbocycles. The number of nitrogens with zero attached hydrogens (tertiary/aromatic N) is 3. The minimum atomic E-state index is -0.539. The number of thiazole rings is 1. The standard InChI is InChI=1S/C15H10N4O6S2/c1-25-10-6-8(18(21)22)7-11-14(10)17-15(27-11)16-12(20)4-2-9-3-5-13(26-9)19(23)24/h2-7H,1H3,(H,16,17,20). The lowest BCUT2D eigenvalue weighted by molar-refractivity contribution is -0.384. The number of methoxy groups -OCH3 is 1. The highest BCUT2D eigenvalue weighted by Crippen LogP contribution is 2.36. The van der Waals surface area contributed by atoms with Gasteiger partial charge in [0.05, 0.1) is 27.7 Å². The molecule has 1 amide bonds. The van der Waals surface area contributed by atoms with Crippen LogP contribution in [0.15, 0.2) is 30.3 Å². The Balaban J connectivity index is 1.79. The van der Waals surface area contributed by atoms with Crippen molar-refractivity contribution in [2.24, 2.45) is 0 Å². The van der Waals surface area contributed by atoms with Crippen LogP contribution in [0, 0.1) is 20.2 Å². The summed E-state index contributed by atoms with van der Waals surface area (Å²) in [6.07, 6.45) is 2.67. The van der Waals surface area contributed by atoms with Crippen LogP contribution in [0.5, 0.6) is 5.75 Å². The summed E-state index contributed by atoms with van der Waals surface area (Å²) in [6.45, 7) is 0. The van der Waals surface area contributed by atoms with E-state index in [0.29, 0.717) is 15.1 Å². The first-order valence-corrected chi connectivity index (χ1v) is 8.87. The van der Waals surface area contributed by atoms with Gasteiger partial charge in [0.15, 0.2) is 10.9 Å². The molecule has 2 heterocycles. The van der Waals surface area contributed by atoms with Gasteiger partial charge in [-0.2, -0.15) is 0 Å². The molecule has 12 heteroatoms. The van der Waals surface area contributed by atoms with E-state index >= 15 is 0 Å². The Hall–Kier alpha value is -3.38. The van der Waals surface area contributed by atoms with Crippen molar-refractivity contribution < 1.29 is 19.4 Å². The van der Waals surface area contributed by atoms with Gasteiger partial charge in [-0.15, -0.1) is 0 Å². The molecule has 3 rings (SSSR count). The lowest BCUT2D eigenvalue weighted by atomic mass is 10.3. The number of anilines is 1. The van der Waals surface area contributed by atoms with Crippen LogP contribution < -0.4 is 10.1 Å². The Bertz CT molecular complexity index is 1090. The molecule has 27 heavy (non-hydrogen) atoms. The van der Waals surface area contributed by atoms with E-state index in [4.69, 9.17) is 4.74 Å². The van der Waals surface area contributed by atoms with Crippen LogP contribution in [0.1, 0.15) is 4.88 Å². The topological polar surface area (TPSA) is 138 Å². The SMILES string of the molecule is COc1cc([N+](=O)[O-])cc2sc(NC(=O)C=Cc3ccc([N+](=O)[O-])s3)nc12. The molecular weight excluding hydrogens is 396 g/mol. The van der Waals surface area contributed by atoms with E-state index in [1.807, 2.05) is 0 Å². The van der Waals surface area contributed by atoms with Crippen molar-refractivity contribution in [2.45, 2.75) is 0 Å². The summed E-state index contributed by atoms with van der Waals surface area (Å²) in [5.41, 5.74) is 0.265. The number of amides is 1. The summed E-state index contributed by atoms with van der Waals surface area (Å²) >= 11 is 2.01. The number of aromatic nitrogens is 1. The molecular formula is C15H10N4O6S2. The van der Waals surface area contributed by atoms with Crippen molar-refractivity contribution in [2.75, 3.05) is 12.4 Å². The smallest absolute Gasteiger partial charge is 0.324 e. The maximum absolute atomic E-state index is 12.0. The highest BCUT2D eigenvalue weighted by atomic mass is 32.1. The molecule has 138 valence electrons. The number of benzene rings is 1. The maximum Gasteiger partial charge on any atom is 0.324 e. The number of hydrogen-bond acceptors (Lipinski definition) is 9. The molecule has 0 spiro atoms. The fraction of sp³-hybridized carbons (Fsp3) is 0.0667. The second kappa shape index (κ2) is 7.47. The van der Waals surface area contributed by atoms with Gasteiger partial charge in [0.25, 0.3) is 5.69 Å². The monoisotopic (exact) mass is 406 g/mol. The molecule has 0 aliphatic carbocycles. The first-order chi connectivity index (χ1) is 12.9. The van der Waals surface area contributed by atoms with Crippen LogP contribution >= 0.6 is 22.7 Å². The van der Waals surface area contributed by atoms with E-state index in [1.165, 1.54) is 43.5 Å². The Morgan fingerprint density at radius 3 is 2.63 bits per heavy atom. The molecule has 0 aliphatic heterocycles. The molecule has 0 aliphatic rings.